The van der Waals surface area contributed by atoms with Gasteiger partial charge in [0.2, 0.25) is 0 Å². The van der Waals surface area contributed by atoms with Crippen molar-refractivity contribution >= 4 is 9.84 Å². The van der Waals surface area contributed by atoms with Crippen molar-refractivity contribution in [1.29, 1.82) is 0 Å². The van der Waals surface area contributed by atoms with E-state index in [0.29, 0.717) is 5.56 Å². The molecule has 0 aliphatic carbocycles. The van der Waals surface area contributed by atoms with Gasteiger partial charge in [-0.05, 0) is 29.8 Å². The molecule has 7 heteroatoms. The van der Waals surface area contributed by atoms with Gasteiger partial charge in [0.15, 0.2) is 21.4 Å². The molecule has 0 aromatic heterocycles. The van der Waals surface area contributed by atoms with E-state index in [0.717, 1.165) is 12.1 Å². The van der Waals surface area contributed by atoms with E-state index in [1.54, 1.807) is 0 Å². The molecule has 1 aliphatic heterocycles. The Balaban J connectivity index is 2.10. The Morgan fingerprint density at radius 3 is 2.35 bits per heavy atom. The van der Waals surface area contributed by atoms with Crippen LogP contribution in [0.15, 0.2) is 41.3 Å². The third-order valence-electron chi connectivity index (χ3n) is 3.82. The van der Waals surface area contributed by atoms with Gasteiger partial charge in [0.05, 0.1) is 17.1 Å². The summed E-state index contributed by atoms with van der Waals surface area (Å²) in [5, 5.41) is -1.24. The number of hydrogen-bond donors (Lipinski definition) is 0. The van der Waals surface area contributed by atoms with E-state index in [9.17, 15) is 21.6 Å². The fraction of sp³-hybridized carbons (Fsp3) is 0.250. The molecular formula is C16H13F3O3S. The zero-order valence-corrected chi connectivity index (χ0v) is 12.7. The van der Waals surface area contributed by atoms with Crippen molar-refractivity contribution < 1.29 is 26.3 Å². The Kier molecular flexibility index (Phi) is 4.06. The van der Waals surface area contributed by atoms with Crippen molar-refractivity contribution in [1.82, 2.24) is 0 Å². The van der Waals surface area contributed by atoms with Gasteiger partial charge in [0.25, 0.3) is 0 Å². The van der Waals surface area contributed by atoms with E-state index < -0.39 is 33.4 Å². The van der Waals surface area contributed by atoms with Crippen LogP contribution in [-0.2, 0) is 16.5 Å². The largest absolute Gasteiger partial charge is 0.490 e. The number of hydrogen-bond acceptors (Lipinski definition) is 3. The highest BCUT2D eigenvalue weighted by Crippen LogP contribution is 2.42. The van der Waals surface area contributed by atoms with Crippen molar-refractivity contribution in [3.8, 4) is 5.75 Å². The van der Waals surface area contributed by atoms with Crippen LogP contribution in [0.3, 0.4) is 0 Å². The first-order chi connectivity index (χ1) is 10.9. The second-order valence-electron chi connectivity index (χ2n) is 5.22. The molecule has 0 amide bonds. The van der Waals surface area contributed by atoms with Gasteiger partial charge in [-0.15, -0.1) is 0 Å². The summed E-state index contributed by atoms with van der Waals surface area (Å²) in [7, 11) is -3.95. The summed E-state index contributed by atoms with van der Waals surface area (Å²) >= 11 is 0. The average molecular weight is 342 g/mol. The van der Waals surface area contributed by atoms with Crippen molar-refractivity contribution in [3.63, 3.8) is 0 Å². The highest BCUT2D eigenvalue weighted by atomic mass is 32.2. The molecule has 0 spiro atoms. The van der Waals surface area contributed by atoms with Crippen LogP contribution in [0.2, 0.25) is 0 Å². The second kappa shape index (κ2) is 5.88. The molecule has 3 rings (SSSR count). The molecule has 3 nitrogen and oxygen atoms in total. The van der Waals surface area contributed by atoms with E-state index in [1.807, 2.05) is 0 Å². The predicted octanol–water partition coefficient (Wildman–Crippen LogP) is 3.73. The molecule has 1 aliphatic rings. The van der Waals surface area contributed by atoms with Crippen molar-refractivity contribution in [3.05, 3.63) is 59.2 Å². The summed E-state index contributed by atoms with van der Waals surface area (Å²) in [5.74, 6) is -1.98. The molecule has 0 radical (unpaired) electrons. The Hall–Kier alpha value is -2.02. The van der Waals surface area contributed by atoms with Gasteiger partial charge in [-0.2, -0.15) is 0 Å². The molecule has 0 saturated heterocycles. The van der Waals surface area contributed by atoms with Gasteiger partial charge in [-0.25, -0.2) is 21.6 Å². The maximum atomic E-state index is 14.1. The summed E-state index contributed by atoms with van der Waals surface area (Å²) in [6.45, 7) is -0.736. The summed E-state index contributed by atoms with van der Waals surface area (Å²) in [5.41, 5.74) is 0.0550. The van der Waals surface area contributed by atoms with Gasteiger partial charge < -0.3 is 4.74 Å². The minimum atomic E-state index is -3.95. The topological polar surface area (TPSA) is 43.4 Å². The Bertz CT molecular complexity index is 832. The molecule has 1 unspecified atom stereocenters. The lowest BCUT2D eigenvalue weighted by molar-refractivity contribution is 0.264. The van der Waals surface area contributed by atoms with E-state index in [4.69, 9.17) is 4.74 Å². The summed E-state index contributed by atoms with van der Waals surface area (Å²) in [6, 6.07) is 7.05. The number of rotatable bonds is 3. The third kappa shape index (κ3) is 2.69. The van der Waals surface area contributed by atoms with Crippen molar-refractivity contribution in [2.45, 2.75) is 23.2 Å². The number of fused-ring (bicyclic) bond motifs is 1. The van der Waals surface area contributed by atoms with Gasteiger partial charge in [-0.3, -0.25) is 0 Å². The van der Waals surface area contributed by atoms with Crippen LogP contribution in [0, 0.1) is 11.6 Å². The molecule has 0 N–H and O–H groups in total. The lowest BCUT2D eigenvalue weighted by Crippen LogP contribution is -2.23. The molecule has 2 aromatic rings. The second-order valence-corrected chi connectivity index (χ2v) is 7.35. The normalized spacial score (nSPS) is 17.4. The van der Waals surface area contributed by atoms with Crippen molar-refractivity contribution in [2.75, 3.05) is 6.61 Å². The van der Waals surface area contributed by atoms with E-state index >= 15 is 0 Å². The highest BCUT2D eigenvalue weighted by Gasteiger charge is 2.37. The molecule has 2 aromatic carbocycles. The Morgan fingerprint density at radius 1 is 1.04 bits per heavy atom. The Morgan fingerprint density at radius 2 is 1.70 bits per heavy atom. The summed E-state index contributed by atoms with van der Waals surface area (Å²) < 4.78 is 71.1. The molecule has 23 heavy (non-hydrogen) atoms. The van der Waals surface area contributed by atoms with Crippen LogP contribution in [0.4, 0.5) is 13.2 Å². The standard InChI is InChI=1S/C16H13F3O3S/c17-9-10-1-3-11(4-2-10)23(20,21)14-7-8-22-16-13(19)6-5-12(18)15(14)16/h1-6,14H,7-9H2. The quantitative estimate of drug-likeness (QED) is 0.854. The molecule has 0 saturated carbocycles. The van der Waals surface area contributed by atoms with E-state index in [2.05, 4.69) is 0 Å². The maximum absolute atomic E-state index is 14.1. The van der Waals surface area contributed by atoms with E-state index in [-0.39, 0.29) is 29.2 Å². The predicted molar refractivity (Wildman–Crippen MR) is 77.7 cm³/mol. The van der Waals surface area contributed by atoms with Gasteiger partial charge >= 0.3 is 0 Å². The smallest absolute Gasteiger partial charge is 0.185 e. The molecule has 1 heterocycles. The number of alkyl halides is 1. The minimum absolute atomic E-state index is 0.0145. The lowest BCUT2D eigenvalue weighted by atomic mass is 10.0. The van der Waals surface area contributed by atoms with Gasteiger partial charge in [0.1, 0.15) is 17.7 Å². The zero-order chi connectivity index (χ0) is 16.6. The summed E-state index contributed by atoms with van der Waals surface area (Å²) in [4.78, 5) is -0.0591. The first kappa shape index (κ1) is 15.9. The number of benzene rings is 2. The fourth-order valence-electron chi connectivity index (χ4n) is 2.65. The van der Waals surface area contributed by atoms with Gasteiger partial charge in [0, 0.05) is 6.42 Å². The number of ether oxygens (including phenoxy) is 1. The molecule has 0 fully saturated rings. The molecule has 122 valence electrons. The number of sulfone groups is 1. The van der Waals surface area contributed by atoms with Crippen LogP contribution in [0.5, 0.6) is 5.75 Å². The monoisotopic (exact) mass is 342 g/mol. The molecular weight excluding hydrogens is 329 g/mol. The molecule has 0 bridgehead atoms. The van der Waals surface area contributed by atoms with Crippen LogP contribution < -0.4 is 4.74 Å². The minimum Gasteiger partial charge on any atom is -0.490 e. The van der Waals surface area contributed by atoms with Gasteiger partial charge in [-0.1, -0.05) is 12.1 Å². The molecule has 1 atom stereocenters. The van der Waals surface area contributed by atoms with E-state index in [1.165, 1.54) is 24.3 Å². The van der Waals surface area contributed by atoms with Crippen LogP contribution in [-0.4, -0.2) is 15.0 Å². The van der Waals surface area contributed by atoms with Crippen LogP contribution >= 0.6 is 0 Å². The van der Waals surface area contributed by atoms with Crippen LogP contribution in [0.25, 0.3) is 0 Å². The van der Waals surface area contributed by atoms with Crippen LogP contribution in [0.1, 0.15) is 22.8 Å². The average Bonchev–Trinajstić information content (AvgIpc) is 2.58. The first-order valence-electron chi connectivity index (χ1n) is 6.94. The zero-order valence-electron chi connectivity index (χ0n) is 11.9. The number of halogens is 3. The SMILES string of the molecule is O=S(=O)(c1ccc(CF)cc1)C1CCOc2c(F)ccc(F)c21. The van der Waals surface area contributed by atoms with Crippen molar-refractivity contribution in [2.24, 2.45) is 0 Å². The Labute approximate surface area is 131 Å². The highest BCUT2D eigenvalue weighted by molar-refractivity contribution is 7.91. The summed E-state index contributed by atoms with van der Waals surface area (Å²) in [6.07, 6.45) is 0.0145. The lowest BCUT2D eigenvalue weighted by Gasteiger charge is -2.26. The third-order valence-corrected chi connectivity index (χ3v) is 5.97. The first-order valence-corrected chi connectivity index (χ1v) is 8.49. The fourth-order valence-corrected chi connectivity index (χ4v) is 4.43. The maximum Gasteiger partial charge on any atom is 0.185 e.